The normalized spacial score (nSPS) is 26.5. The van der Waals surface area contributed by atoms with Gasteiger partial charge in [0.1, 0.15) is 5.54 Å². The molecule has 1 saturated carbocycles. The molecule has 2 unspecified atom stereocenters. The third-order valence-corrected chi connectivity index (χ3v) is 4.36. The molecule has 0 amide bonds. The Morgan fingerprint density at radius 2 is 2.15 bits per heavy atom. The quantitative estimate of drug-likeness (QED) is 0.774. The topological polar surface area (TPSA) is 48.3 Å². The third-order valence-electron chi connectivity index (χ3n) is 4.36. The van der Waals surface area contributed by atoms with Gasteiger partial charge < -0.3 is 9.64 Å². The van der Waals surface area contributed by atoms with E-state index >= 15 is 0 Å². The molecule has 20 heavy (non-hydrogen) atoms. The summed E-state index contributed by atoms with van der Waals surface area (Å²) in [6.07, 6.45) is 4.81. The summed E-state index contributed by atoms with van der Waals surface area (Å²) in [5.41, 5.74) is -0.363. The molecule has 4 nitrogen and oxygen atoms in total. The van der Waals surface area contributed by atoms with Crippen molar-refractivity contribution < 1.29 is 4.74 Å². The number of rotatable bonds is 7. The van der Waals surface area contributed by atoms with Crippen molar-refractivity contribution in [3.8, 4) is 6.07 Å². The van der Waals surface area contributed by atoms with Gasteiger partial charge in [-0.15, -0.1) is 0 Å². The lowest BCUT2D eigenvalue weighted by Crippen LogP contribution is -2.56. The summed E-state index contributed by atoms with van der Waals surface area (Å²) in [6, 6.07) is 2.94. The molecule has 0 aromatic rings. The van der Waals surface area contributed by atoms with Crippen LogP contribution in [-0.2, 0) is 4.74 Å². The Kier molecular flexibility index (Phi) is 5.42. The molecule has 0 aromatic carbocycles. The smallest absolute Gasteiger partial charge is 0.122 e. The van der Waals surface area contributed by atoms with Crippen molar-refractivity contribution in [2.45, 2.75) is 51.1 Å². The van der Waals surface area contributed by atoms with Crippen LogP contribution in [0.3, 0.4) is 0 Å². The largest absolute Gasteiger partial charge is 0.381 e. The van der Waals surface area contributed by atoms with Crippen molar-refractivity contribution in [2.24, 2.45) is 11.8 Å². The van der Waals surface area contributed by atoms with Crippen molar-refractivity contribution >= 4 is 0 Å². The fraction of sp³-hybridized carbons (Fsp3) is 0.938. The predicted octanol–water partition coefficient (Wildman–Crippen LogP) is 2.02. The van der Waals surface area contributed by atoms with Gasteiger partial charge in [-0.05, 0) is 58.4 Å². The summed E-state index contributed by atoms with van der Waals surface area (Å²) in [5, 5.41) is 13.3. The highest BCUT2D eigenvalue weighted by molar-refractivity contribution is 5.17. The SMILES string of the molecule is CC(C)NC(C#N)(CN(C)CC1CCCOC1)C1CC1. The van der Waals surface area contributed by atoms with Crippen LogP contribution in [0.15, 0.2) is 0 Å². The van der Waals surface area contributed by atoms with Crippen LogP contribution < -0.4 is 5.32 Å². The maximum absolute atomic E-state index is 9.73. The highest BCUT2D eigenvalue weighted by Crippen LogP contribution is 2.40. The van der Waals surface area contributed by atoms with E-state index in [0.717, 1.165) is 26.3 Å². The van der Waals surface area contributed by atoms with Crippen molar-refractivity contribution in [2.75, 3.05) is 33.4 Å². The van der Waals surface area contributed by atoms with Crippen molar-refractivity contribution in [3.63, 3.8) is 0 Å². The van der Waals surface area contributed by atoms with E-state index < -0.39 is 0 Å². The molecule has 0 radical (unpaired) electrons. The molecule has 1 aliphatic heterocycles. The molecule has 0 aromatic heterocycles. The van der Waals surface area contributed by atoms with Gasteiger partial charge in [-0.25, -0.2) is 0 Å². The zero-order valence-corrected chi connectivity index (χ0v) is 13.2. The number of ether oxygens (including phenoxy) is 1. The Bertz CT molecular complexity index is 342. The second-order valence-corrected chi connectivity index (χ2v) is 6.94. The molecule has 2 rings (SSSR count). The fourth-order valence-corrected chi connectivity index (χ4v) is 3.43. The molecule has 1 aliphatic carbocycles. The first kappa shape index (κ1) is 15.8. The molecule has 1 heterocycles. The van der Waals surface area contributed by atoms with E-state index in [4.69, 9.17) is 4.74 Å². The molecular weight excluding hydrogens is 250 g/mol. The summed E-state index contributed by atoms with van der Waals surface area (Å²) in [5.74, 6) is 1.16. The van der Waals surface area contributed by atoms with E-state index in [1.807, 2.05) is 0 Å². The fourth-order valence-electron chi connectivity index (χ4n) is 3.43. The molecule has 2 aliphatic rings. The molecule has 114 valence electrons. The standard InChI is InChI=1S/C16H29N3O/c1-13(2)18-16(11-17,15-6-7-15)12-19(3)9-14-5-4-8-20-10-14/h13-15,18H,4-10,12H2,1-3H3. The molecular formula is C16H29N3O. The third kappa shape index (κ3) is 4.18. The lowest BCUT2D eigenvalue weighted by Gasteiger charge is -2.36. The maximum atomic E-state index is 9.73. The van der Waals surface area contributed by atoms with Crippen LogP contribution in [0.1, 0.15) is 39.5 Å². The lowest BCUT2D eigenvalue weighted by molar-refractivity contribution is 0.0387. The average molecular weight is 279 g/mol. The van der Waals surface area contributed by atoms with Gasteiger partial charge in [0, 0.05) is 25.7 Å². The van der Waals surface area contributed by atoms with Gasteiger partial charge >= 0.3 is 0 Å². The van der Waals surface area contributed by atoms with E-state index in [9.17, 15) is 5.26 Å². The van der Waals surface area contributed by atoms with Crippen LogP contribution in [0.5, 0.6) is 0 Å². The van der Waals surface area contributed by atoms with Crippen LogP contribution in [0.25, 0.3) is 0 Å². The highest BCUT2D eigenvalue weighted by atomic mass is 16.5. The van der Waals surface area contributed by atoms with Gasteiger partial charge in [0.05, 0.1) is 12.7 Å². The number of hydrogen-bond acceptors (Lipinski definition) is 4. The molecule has 2 atom stereocenters. The van der Waals surface area contributed by atoms with Crippen LogP contribution in [0, 0.1) is 23.2 Å². The van der Waals surface area contributed by atoms with Crippen LogP contribution in [0.4, 0.5) is 0 Å². The first-order chi connectivity index (χ1) is 9.55. The number of likely N-dealkylation sites (N-methyl/N-ethyl adjacent to an activating group) is 1. The van der Waals surface area contributed by atoms with Gasteiger partial charge in [-0.1, -0.05) is 0 Å². The second kappa shape index (κ2) is 6.89. The van der Waals surface area contributed by atoms with E-state index in [0.29, 0.717) is 17.9 Å². The van der Waals surface area contributed by atoms with Gasteiger partial charge in [0.15, 0.2) is 0 Å². The molecule has 4 heteroatoms. The van der Waals surface area contributed by atoms with Crippen molar-refractivity contribution in [3.05, 3.63) is 0 Å². The number of nitrogens with zero attached hydrogens (tertiary/aromatic N) is 2. The average Bonchev–Trinajstić information content (AvgIpc) is 3.23. The van der Waals surface area contributed by atoms with Gasteiger partial charge in [0.25, 0.3) is 0 Å². The van der Waals surface area contributed by atoms with Gasteiger partial charge in [0.2, 0.25) is 0 Å². The maximum Gasteiger partial charge on any atom is 0.122 e. The summed E-state index contributed by atoms with van der Waals surface area (Å²) in [4.78, 5) is 2.33. The summed E-state index contributed by atoms with van der Waals surface area (Å²) in [7, 11) is 2.14. The van der Waals surface area contributed by atoms with Crippen LogP contribution >= 0.6 is 0 Å². The summed E-state index contributed by atoms with van der Waals surface area (Å²) >= 11 is 0. The van der Waals surface area contributed by atoms with Crippen LogP contribution in [-0.4, -0.2) is 49.8 Å². The van der Waals surface area contributed by atoms with Crippen molar-refractivity contribution in [1.82, 2.24) is 10.2 Å². The van der Waals surface area contributed by atoms with E-state index in [1.165, 1.54) is 25.7 Å². The van der Waals surface area contributed by atoms with Gasteiger partial charge in [-0.2, -0.15) is 5.26 Å². The van der Waals surface area contributed by atoms with Crippen molar-refractivity contribution in [1.29, 1.82) is 5.26 Å². The predicted molar refractivity (Wildman–Crippen MR) is 80.4 cm³/mol. The monoisotopic (exact) mass is 279 g/mol. The molecule has 0 spiro atoms. The molecule has 1 N–H and O–H groups in total. The minimum Gasteiger partial charge on any atom is -0.381 e. The van der Waals surface area contributed by atoms with E-state index in [2.05, 4.69) is 37.2 Å². The van der Waals surface area contributed by atoms with Gasteiger partial charge in [-0.3, -0.25) is 5.32 Å². The molecule has 2 fully saturated rings. The zero-order chi connectivity index (χ0) is 14.6. The Hall–Kier alpha value is -0.630. The number of nitriles is 1. The zero-order valence-electron chi connectivity index (χ0n) is 13.2. The van der Waals surface area contributed by atoms with E-state index in [-0.39, 0.29) is 5.54 Å². The van der Waals surface area contributed by atoms with Crippen LogP contribution in [0.2, 0.25) is 0 Å². The Morgan fingerprint density at radius 1 is 1.40 bits per heavy atom. The molecule has 1 saturated heterocycles. The minimum atomic E-state index is -0.363. The Labute approximate surface area is 123 Å². The molecule has 0 bridgehead atoms. The first-order valence-corrected chi connectivity index (χ1v) is 8.01. The minimum absolute atomic E-state index is 0.349. The Morgan fingerprint density at radius 3 is 2.65 bits per heavy atom. The Balaban J connectivity index is 1.91. The number of hydrogen-bond donors (Lipinski definition) is 1. The van der Waals surface area contributed by atoms with E-state index in [1.54, 1.807) is 0 Å². The highest BCUT2D eigenvalue weighted by Gasteiger charge is 2.46. The first-order valence-electron chi connectivity index (χ1n) is 8.01. The summed E-state index contributed by atoms with van der Waals surface area (Å²) in [6.45, 7) is 7.91. The second-order valence-electron chi connectivity index (χ2n) is 6.94. The lowest BCUT2D eigenvalue weighted by atomic mass is 9.92. The summed E-state index contributed by atoms with van der Waals surface area (Å²) < 4.78 is 5.56. The number of nitrogens with one attached hydrogen (secondary N) is 1.